The van der Waals surface area contributed by atoms with Crippen LogP contribution >= 0.6 is 0 Å². The second kappa shape index (κ2) is 4.17. The minimum Gasteiger partial charge on any atom is -0.397 e. The Labute approximate surface area is 100 Å². The van der Waals surface area contributed by atoms with Crippen LogP contribution in [0.2, 0.25) is 0 Å². The predicted octanol–water partition coefficient (Wildman–Crippen LogP) is 3.40. The first kappa shape index (κ1) is 11.6. The van der Waals surface area contributed by atoms with Crippen molar-refractivity contribution in [2.75, 3.05) is 5.73 Å². The molecule has 1 aromatic heterocycles. The summed E-state index contributed by atoms with van der Waals surface area (Å²) in [7, 11) is 0. The summed E-state index contributed by atoms with van der Waals surface area (Å²) in [6, 6.07) is 4.89. The summed E-state index contributed by atoms with van der Waals surface area (Å²) in [5.41, 5.74) is 11.0. The minimum atomic E-state index is -0.227. The third-order valence-corrected chi connectivity index (χ3v) is 2.79. The number of hydrogen-bond donors (Lipinski definition) is 1. The molecule has 0 spiro atoms. The summed E-state index contributed by atoms with van der Waals surface area (Å²) < 4.78 is 13.2. The molecule has 1 heterocycles. The Hall–Kier alpha value is -1.90. The quantitative estimate of drug-likeness (QED) is 0.815. The van der Waals surface area contributed by atoms with Crippen LogP contribution in [0.15, 0.2) is 24.4 Å². The average Bonchev–Trinajstić information content (AvgIpc) is 2.19. The fourth-order valence-electron chi connectivity index (χ4n) is 2.08. The number of nitrogens with two attached hydrogens (primary N) is 1. The molecule has 2 rings (SSSR count). The minimum absolute atomic E-state index is 0.227. The molecule has 0 aliphatic carbocycles. The Morgan fingerprint density at radius 1 is 1.06 bits per heavy atom. The van der Waals surface area contributed by atoms with Gasteiger partial charge in [-0.25, -0.2) is 4.39 Å². The SMILES string of the molecule is Cc1cnc(-c2c(C)cc(F)cc2C)c(N)c1. The number of benzene rings is 1. The van der Waals surface area contributed by atoms with Crippen LogP contribution in [0.1, 0.15) is 16.7 Å². The highest BCUT2D eigenvalue weighted by Crippen LogP contribution is 2.30. The maximum absolute atomic E-state index is 13.2. The largest absolute Gasteiger partial charge is 0.397 e. The number of halogens is 1. The summed E-state index contributed by atoms with van der Waals surface area (Å²) >= 11 is 0. The van der Waals surface area contributed by atoms with Crippen LogP contribution in [0.5, 0.6) is 0 Å². The maximum Gasteiger partial charge on any atom is 0.123 e. The fourth-order valence-corrected chi connectivity index (χ4v) is 2.08. The van der Waals surface area contributed by atoms with Gasteiger partial charge in [0.1, 0.15) is 5.82 Å². The first-order valence-electron chi connectivity index (χ1n) is 5.48. The molecule has 0 radical (unpaired) electrons. The number of aryl methyl sites for hydroxylation is 3. The van der Waals surface area contributed by atoms with Crippen molar-refractivity contribution in [2.24, 2.45) is 0 Å². The smallest absolute Gasteiger partial charge is 0.123 e. The number of aromatic nitrogens is 1. The standard InChI is InChI=1S/C14H15FN2/c1-8-4-12(16)14(17-7-8)13-9(2)5-11(15)6-10(13)3/h4-7H,16H2,1-3H3. The predicted molar refractivity (Wildman–Crippen MR) is 68.3 cm³/mol. The highest BCUT2D eigenvalue weighted by atomic mass is 19.1. The van der Waals surface area contributed by atoms with Crippen molar-refractivity contribution < 1.29 is 4.39 Å². The van der Waals surface area contributed by atoms with E-state index in [0.29, 0.717) is 5.69 Å². The molecule has 0 aliphatic rings. The van der Waals surface area contributed by atoms with Crippen molar-refractivity contribution in [2.45, 2.75) is 20.8 Å². The molecule has 0 saturated heterocycles. The fraction of sp³-hybridized carbons (Fsp3) is 0.214. The van der Waals surface area contributed by atoms with Gasteiger partial charge in [0.25, 0.3) is 0 Å². The lowest BCUT2D eigenvalue weighted by molar-refractivity contribution is 0.625. The normalized spacial score (nSPS) is 10.6. The third kappa shape index (κ3) is 2.13. The van der Waals surface area contributed by atoms with Crippen molar-refractivity contribution in [3.63, 3.8) is 0 Å². The molecule has 3 heteroatoms. The molecule has 2 N–H and O–H groups in total. The molecule has 0 fully saturated rings. The molecule has 2 nitrogen and oxygen atoms in total. The van der Waals surface area contributed by atoms with Crippen molar-refractivity contribution in [3.8, 4) is 11.3 Å². The Morgan fingerprint density at radius 2 is 1.65 bits per heavy atom. The second-order valence-corrected chi connectivity index (χ2v) is 4.37. The van der Waals surface area contributed by atoms with Gasteiger partial charge in [0.2, 0.25) is 0 Å². The average molecular weight is 230 g/mol. The molecule has 1 aromatic carbocycles. The van der Waals surface area contributed by atoms with E-state index in [1.54, 1.807) is 6.20 Å². The van der Waals surface area contributed by atoms with E-state index in [4.69, 9.17) is 5.73 Å². The van der Waals surface area contributed by atoms with E-state index in [2.05, 4.69) is 4.98 Å². The highest BCUT2D eigenvalue weighted by Gasteiger charge is 2.11. The number of rotatable bonds is 1. The molecule has 0 saturated carbocycles. The van der Waals surface area contributed by atoms with Crippen molar-refractivity contribution in [3.05, 3.63) is 46.9 Å². The molecule has 0 amide bonds. The molecule has 0 bridgehead atoms. The lowest BCUT2D eigenvalue weighted by Crippen LogP contribution is -1.98. The van der Waals surface area contributed by atoms with Gasteiger partial charge in [-0.05, 0) is 55.7 Å². The molecule has 0 unspecified atom stereocenters. The van der Waals surface area contributed by atoms with Gasteiger partial charge < -0.3 is 5.73 Å². The molecule has 0 aliphatic heterocycles. The van der Waals surface area contributed by atoms with Crippen LogP contribution in [-0.4, -0.2) is 4.98 Å². The Balaban J connectivity index is 2.68. The van der Waals surface area contributed by atoms with Crippen LogP contribution in [0.4, 0.5) is 10.1 Å². The Morgan fingerprint density at radius 3 is 2.18 bits per heavy atom. The van der Waals surface area contributed by atoms with Crippen LogP contribution in [0.25, 0.3) is 11.3 Å². The molecule has 88 valence electrons. The van der Waals surface area contributed by atoms with Gasteiger partial charge in [0, 0.05) is 11.8 Å². The Bertz CT molecular complexity index is 553. The van der Waals surface area contributed by atoms with E-state index in [1.165, 1.54) is 12.1 Å². The summed E-state index contributed by atoms with van der Waals surface area (Å²) in [6.07, 6.45) is 1.77. The first-order valence-corrected chi connectivity index (χ1v) is 5.48. The molecular weight excluding hydrogens is 215 g/mol. The topological polar surface area (TPSA) is 38.9 Å². The van der Waals surface area contributed by atoms with E-state index in [9.17, 15) is 4.39 Å². The van der Waals surface area contributed by atoms with Crippen LogP contribution < -0.4 is 5.73 Å². The lowest BCUT2D eigenvalue weighted by Gasteiger charge is -2.12. The molecule has 17 heavy (non-hydrogen) atoms. The van der Waals surface area contributed by atoms with Gasteiger partial charge >= 0.3 is 0 Å². The van der Waals surface area contributed by atoms with Crippen LogP contribution in [-0.2, 0) is 0 Å². The van der Waals surface area contributed by atoms with Crippen LogP contribution in [0, 0.1) is 26.6 Å². The molecular formula is C14H15FN2. The maximum atomic E-state index is 13.2. The monoisotopic (exact) mass is 230 g/mol. The molecule has 2 aromatic rings. The first-order chi connectivity index (χ1) is 7.99. The third-order valence-electron chi connectivity index (χ3n) is 2.79. The summed E-state index contributed by atoms with van der Waals surface area (Å²) in [6.45, 7) is 5.68. The zero-order valence-electron chi connectivity index (χ0n) is 10.2. The number of anilines is 1. The van der Waals surface area contributed by atoms with Gasteiger partial charge in [-0.3, -0.25) is 4.98 Å². The van der Waals surface area contributed by atoms with Gasteiger partial charge in [0.05, 0.1) is 11.4 Å². The van der Waals surface area contributed by atoms with E-state index >= 15 is 0 Å². The van der Waals surface area contributed by atoms with Gasteiger partial charge in [0.15, 0.2) is 0 Å². The number of hydrogen-bond acceptors (Lipinski definition) is 2. The number of nitrogen functional groups attached to an aromatic ring is 1. The number of nitrogens with zero attached hydrogens (tertiary/aromatic N) is 1. The van der Waals surface area contributed by atoms with Crippen LogP contribution in [0.3, 0.4) is 0 Å². The van der Waals surface area contributed by atoms with E-state index < -0.39 is 0 Å². The summed E-state index contributed by atoms with van der Waals surface area (Å²) in [5, 5.41) is 0. The Kier molecular flexibility index (Phi) is 2.84. The lowest BCUT2D eigenvalue weighted by atomic mass is 9.98. The van der Waals surface area contributed by atoms with Crippen molar-refractivity contribution in [1.29, 1.82) is 0 Å². The second-order valence-electron chi connectivity index (χ2n) is 4.37. The zero-order valence-corrected chi connectivity index (χ0v) is 10.2. The van der Waals surface area contributed by atoms with E-state index in [-0.39, 0.29) is 5.82 Å². The summed E-state index contributed by atoms with van der Waals surface area (Å²) in [4.78, 5) is 4.35. The van der Waals surface area contributed by atoms with Gasteiger partial charge in [-0.15, -0.1) is 0 Å². The van der Waals surface area contributed by atoms with Crippen molar-refractivity contribution in [1.82, 2.24) is 4.98 Å². The van der Waals surface area contributed by atoms with Gasteiger partial charge in [-0.1, -0.05) is 0 Å². The van der Waals surface area contributed by atoms with E-state index in [1.807, 2.05) is 26.8 Å². The zero-order chi connectivity index (χ0) is 12.6. The van der Waals surface area contributed by atoms with Crippen molar-refractivity contribution >= 4 is 5.69 Å². The highest BCUT2D eigenvalue weighted by molar-refractivity contribution is 5.77. The molecule has 0 atom stereocenters. The van der Waals surface area contributed by atoms with Gasteiger partial charge in [-0.2, -0.15) is 0 Å². The van der Waals surface area contributed by atoms with E-state index in [0.717, 1.165) is 27.9 Å². The number of pyridine rings is 1. The summed E-state index contributed by atoms with van der Waals surface area (Å²) in [5.74, 6) is -0.227.